The molecule has 0 aliphatic carbocycles. The van der Waals surface area contributed by atoms with Crippen molar-refractivity contribution in [3.05, 3.63) is 65.0 Å². The second kappa shape index (κ2) is 6.32. The van der Waals surface area contributed by atoms with Crippen LogP contribution in [0.1, 0.15) is 0 Å². The second-order valence-electron chi connectivity index (χ2n) is 5.73. The van der Waals surface area contributed by atoms with Gasteiger partial charge in [0.2, 0.25) is 5.91 Å². The van der Waals surface area contributed by atoms with Crippen molar-refractivity contribution in [1.82, 2.24) is 4.57 Å². The van der Waals surface area contributed by atoms with E-state index in [1.807, 2.05) is 18.2 Å². The molecule has 2 aromatic carbocycles. The van der Waals surface area contributed by atoms with E-state index in [0.717, 1.165) is 5.52 Å². The summed E-state index contributed by atoms with van der Waals surface area (Å²) in [5.74, 6) is 1.11. The van der Waals surface area contributed by atoms with Crippen LogP contribution < -0.4 is 20.2 Å². The number of para-hydroxylation sites is 1. The molecular weight excluding hydrogens is 320 g/mol. The molecule has 1 N–H and O–H groups in total. The Morgan fingerprint density at radius 1 is 1.04 bits per heavy atom. The molecule has 0 radical (unpaired) electrons. The zero-order chi connectivity index (χ0) is 17.2. The Kier molecular flexibility index (Phi) is 3.85. The summed E-state index contributed by atoms with van der Waals surface area (Å²) >= 11 is 0. The van der Waals surface area contributed by atoms with Gasteiger partial charge in [0.15, 0.2) is 16.9 Å². The Morgan fingerprint density at radius 3 is 2.72 bits per heavy atom. The zero-order valence-corrected chi connectivity index (χ0v) is 13.4. The standard InChI is InChI=1S/C19H16N2O4/c22-16-7-8-21(15-4-2-1-3-14(15)16)12-19(23)20-13-5-6-17-18(11-13)25-10-9-24-17/h1-8,11H,9-10,12H2,(H,20,23). The van der Waals surface area contributed by atoms with Crippen LogP contribution in [-0.2, 0) is 11.3 Å². The lowest BCUT2D eigenvalue weighted by atomic mass is 10.2. The minimum atomic E-state index is -0.189. The first-order valence-corrected chi connectivity index (χ1v) is 7.98. The number of nitrogens with one attached hydrogen (secondary N) is 1. The van der Waals surface area contributed by atoms with E-state index in [4.69, 9.17) is 9.47 Å². The molecule has 6 heteroatoms. The largest absolute Gasteiger partial charge is 0.486 e. The average Bonchev–Trinajstić information content (AvgIpc) is 2.64. The van der Waals surface area contributed by atoms with Crippen molar-refractivity contribution in [1.29, 1.82) is 0 Å². The third-order valence-corrected chi connectivity index (χ3v) is 4.02. The molecule has 3 aromatic rings. The number of benzene rings is 2. The third-order valence-electron chi connectivity index (χ3n) is 4.02. The maximum atomic E-state index is 12.4. The monoisotopic (exact) mass is 336 g/mol. The Labute approximate surface area is 143 Å². The Balaban J connectivity index is 1.55. The fourth-order valence-electron chi connectivity index (χ4n) is 2.87. The van der Waals surface area contributed by atoms with Crippen LogP contribution in [0.3, 0.4) is 0 Å². The number of amides is 1. The van der Waals surface area contributed by atoms with Crippen LogP contribution >= 0.6 is 0 Å². The number of aromatic nitrogens is 1. The van der Waals surface area contributed by atoms with Gasteiger partial charge in [-0.25, -0.2) is 0 Å². The van der Waals surface area contributed by atoms with Gasteiger partial charge in [-0.1, -0.05) is 12.1 Å². The normalized spacial score (nSPS) is 12.8. The number of hydrogen-bond acceptors (Lipinski definition) is 4. The topological polar surface area (TPSA) is 69.6 Å². The summed E-state index contributed by atoms with van der Waals surface area (Å²) in [7, 11) is 0. The highest BCUT2D eigenvalue weighted by molar-refractivity contribution is 5.92. The second-order valence-corrected chi connectivity index (χ2v) is 5.73. The molecule has 6 nitrogen and oxygen atoms in total. The molecular formula is C19H16N2O4. The van der Waals surface area contributed by atoms with Crippen LogP contribution in [0.15, 0.2) is 59.5 Å². The van der Waals surface area contributed by atoms with Crippen molar-refractivity contribution in [2.75, 3.05) is 18.5 Å². The number of ether oxygens (including phenoxy) is 2. The quantitative estimate of drug-likeness (QED) is 0.797. The van der Waals surface area contributed by atoms with Gasteiger partial charge in [-0.05, 0) is 24.3 Å². The molecule has 0 saturated heterocycles. The molecule has 0 saturated carbocycles. The van der Waals surface area contributed by atoms with Crippen molar-refractivity contribution in [2.45, 2.75) is 6.54 Å². The van der Waals surface area contributed by atoms with Crippen LogP contribution in [0.25, 0.3) is 10.9 Å². The number of carbonyl (C=O) groups is 1. The first kappa shape index (κ1) is 15.3. The van der Waals surface area contributed by atoms with E-state index in [1.165, 1.54) is 6.07 Å². The lowest BCUT2D eigenvalue weighted by molar-refractivity contribution is -0.116. The maximum Gasteiger partial charge on any atom is 0.244 e. The molecule has 0 atom stereocenters. The minimum Gasteiger partial charge on any atom is -0.486 e. The third kappa shape index (κ3) is 3.06. The number of anilines is 1. The van der Waals surface area contributed by atoms with Gasteiger partial charge in [0.25, 0.3) is 0 Å². The molecule has 0 spiro atoms. The van der Waals surface area contributed by atoms with Gasteiger partial charge in [0, 0.05) is 29.4 Å². The highest BCUT2D eigenvalue weighted by Crippen LogP contribution is 2.32. The molecule has 126 valence electrons. The summed E-state index contributed by atoms with van der Waals surface area (Å²) in [5.41, 5.74) is 1.31. The Bertz CT molecular complexity index is 1010. The van der Waals surface area contributed by atoms with Crippen LogP contribution in [0.2, 0.25) is 0 Å². The fraction of sp³-hybridized carbons (Fsp3) is 0.158. The number of fused-ring (bicyclic) bond motifs is 2. The van der Waals surface area contributed by atoms with E-state index < -0.39 is 0 Å². The number of rotatable bonds is 3. The summed E-state index contributed by atoms with van der Waals surface area (Å²) in [6.45, 7) is 1.13. The molecule has 0 bridgehead atoms. The SMILES string of the molecule is O=C(Cn1ccc(=O)c2ccccc21)Nc1ccc2c(c1)OCCO2. The number of pyridine rings is 1. The van der Waals surface area contributed by atoms with Crippen molar-refractivity contribution in [2.24, 2.45) is 0 Å². The smallest absolute Gasteiger partial charge is 0.244 e. The predicted octanol–water partition coefficient (Wildman–Crippen LogP) is 2.41. The first-order valence-electron chi connectivity index (χ1n) is 7.98. The number of carbonyl (C=O) groups excluding carboxylic acids is 1. The molecule has 1 aliphatic heterocycles. The van der Waals surface area contributed by atoms with Crippen molar-refractivity contribution < 1.29 is 14.3 Å². The molecule has 1 aliphatic rings. The van der Waals surface area contributed by atoms with Crippen LogP contribution in [0.4, 0.5) is 5.69 Å². The maximum absolute atomic E-state index is 12.4. The average molecular weight is 336 g/mol. The molecule has 0 fully saturated rings. The van der Waals surface area contributed by atoms with Crippen LogP contribution in [0.5, 0.6) is 11.5 Å². The highest BCUT2D eigenvalue weighted by Gasteiger charge is 2.13. The predicted molar refractivity (Wildman–Crippen MR) is 94.3 cm³/mol. The van der Waals surface area contributed by atoms with Gasteiger partial charge in [0.1, 0.15) is 19.8 Å². The van der Waals surface area contributed by atoms with Gasteiger partial charge < -0.3 is 19.4 Å². The lowest BCUT2D eigenvalue weighted by Crippen LogP contribution is -2.21. The van der Waals surface area contributed by atoms with Crippen LogP contribution in [-0.4, -0.2) is 23.7 Å². The van der Waals surface area contributed by atoms with Gasteiger partial charge in [0.05, 0.1) is 5.52 Å². The summed E-state index contributed by atoms with van der Waals surface area (Å²) in [6.07, 6.45) is 1.63. The molecule has 1 amide bonds. The van der Waals surface area contributed by atoms with E-state index in [-0.39, 0.29) is 17.9 Å². The molecule has 25 heavy (non-hydrogen) atoms. The van der Waals surface area contributed by atoms with Gasteiger partial charge in [-0.15, -0.1) is 0 Å². The fourth-order valence-corrected chi connectivity index (χ4v) is 2.87. The Hall–Kier alpha value is -3.28. The summed E-state index contributed by atoms with van der Waals surface area (Å²) in [6, 6.07) is 14.0. The van der Waals surface area contributed by atoms with E-state index >= 15 is 0 Å². The van der Waals surface area contributed by atoms with Crippen LogP contribution in [0, 0.1) is 0 Å². The number of hydrogen-bond donors (Lipinski definition) is 1. The minimum absolute atomic E-state index is 0.0564. The molecule has 4 rings (SSSR count). The van der Waals surface area contributed by atoms with E-state index in [1.54, 1.807) is 35.0 Å². The van der Waals surface area contributed by atoms with Crippen molar-refractivity contribution in [3.8, 4) is 11.5 Å². The first-order chi connectivity index (χ1) is 12.2. The van der Waals surface area contributed by atoms with E-state index in [9.17, 15) is 9.59 Å². The van der Waals surface area contributed by atoms with Gasteiger partial charge >= 0.3 is 0 Å². The van der Waals surface area contributed by atoms with Crippen molar-refractivity contribution in [3.63, 3.8) is 0 Å². The van der Waals surface area contributed by atoms with E-state index in [0.29, 0.717) is 35.8 Å². The molecule has 1 aromatic heterocycles. The zero-order valence-electron chi connectivity index (χ0n) is 13.4. The summed E-state index contributed by atoms with van der Waals surface area (Å²) in [5, 5.41) is 3.44. The van der Waals surface area contributed by atoms with Crippen molar-refractivity contribution >= 4 is 22.5 Å². The summed E-state index contributed by atoms with van der Waals surface area (Å²) in [4.78, 5) is 24.3. The highest BCUT2D eigenvalue weighted by atomic mass is 16.6. The Morgan fingerprint density at radius 2 is 1.84 bits per heavy atom. The molecule has 2 heterocycles. The van der Waals surface area contributed by atoms with Gasteiger partial charge in [-0.3, -0.25) is 9.59 Å². The van der Waals surface area contributed by atoms with E-state index in [2.05, 4.69) is 5.32 Å². The lowest BCUT2D eigenvalue weighted by Gasteiger charge is -2.19. The summed E-state index contributed by atoms with van der Waals surface area (Å²) < 4.78 is 12.7. The van der Waals surface area contributed by atoms with Gasteiger partial charge in [-0.2, -0.15) is 0 Å². The number of nitrogens with zero attached hydrogens (tertiary/aromatic N) is 1. The molecule has 0 unspecified atom stereocenters.